The number of carbonyl (C=O) groups is 1. The average Bonchev–Trinajstić information content (AvgIpc) is 2.25. The molecule has 17 heavy (non-hydrogen) atoms. The highest BCUT2D eigenvalue weighted by Gasteiger charge is 2.23. The predicted octanol–water partition coefficient (Wildman–Crippen LogP) is 1.28. The summed E-state index contributed by atoms with van der Waals surface area (Å²) in [6.07, 6.45) is 0. The Labute approximate surface area is 96.2 Å². The van der Waals surface area contributed by atoms with Crippen LogP contribution in [0.3, 0.4) is 0 Å². The molecule has 0 aliphatic rings. The molecule has 0 atom stereocenters. The monoisotopic (exact) mass is 266 g/mol. The fourth-order valence-corrected chi connectivity index (χ4v) is 1.68. The summed E-state index contributed by atoms with van der Waals surface area (Å²) < 4.78 is 56.2. The number of carbonyl (C=O) groups excluding carboxylic acids is 1. The Balaban J connectivity index is 3.55. The van der Waals surface area contributed by atoms with Crippen molar-refractivity contribution in [1.29, 1.82) is 0 Å². The van der Waals surface area contributed by atoms with Gasteiger partial charge in [0.05, 0.1) is 14.2 Å². The molecule has 0 bridgehead atoms. The van der Waals surface area contributed by atoms with Gasteiger partial charge in [-0.25, -0.2) is 9.18 Å². The lowest BCUT2D eigenvalue weighted by Crippen LogP contribution is -2.07. The van der Waals surface area contributed by atoms with Crippen molar-refractivity contribution in [2.75, 3.05) is 14.2 Å². The molecule has 1 rings (SSSR count). The van der Waals surface area contributed by atoms with Crippen LogP contribution in [0.15, 0.2) is 17.0 Å². The van der Waals surface area contributed by atoms with Crippen molar-refractivity contribution >= 4 is 16.2 Å². The fraction of sp³-hybridized carbons (Fsp3) is 0.222. The van der Waals surface area contributed by atoms with E-state index in [1.54, 1.807) is 0 Å². The normalized spacial score (nSPS) is 11.1. The Bertz CT molecular complexity index is 553. The van der Waals surface area contributed by atoms with Gasteiger partial charge in [0, 0.05) is 0 Å². The Morgan fingerprint density at radius 3 is 2.29 bits per heavy atom. The lowest BCUT2D eigenvalue weighted by atomic mass is 10.2. The van der Waals surface area contributed by atoms with Gasteiger partial charge in [0.1, 0.15) is 10.5 Å². The molecular formula is C9H8F2O5S. The van der Waals surface area contributed by atoms with E-state index in [1.165, 1.54) is 0 Å². The molecule has 94 valence electrons. The summed E-state index contributed by atoms with van der Waals surface area (Å²) in [7, 11) is -3.03. The summed E-state index contributed by atoms with van der Waals surface area (Å²) in [6, 6.07) is 1.06. The van der Waals surface area contributed by atoms with Gasteiger partial charge in [0.15, 0.2) is 11.6 Å². The van der Waals surface area contributed by atoms with Crippen molar-refractivity contribution in [1.82, 2.24) is 0 Å². The van der Waals surface area contributed by atoms with E-state index >= 15 is 0 Å². The molecule has 1 aromatic rings. The van der Waals surface area contributed by atoms with E-state index in [1.807, 2.05) is 0 Å². The van der Waals surface area contributed by atoms with Crippen LogP contribution >= 0.6 is 0 Å². The van der Waals surface area contributed by atoms with Gasteiger partial charge in [0.25, 0.3) is 0 Å². The molecule has 0 saturated carbocycles. The van der Waals surface area contributed by atoms with Gasteiger partial charge in [-0.3, -0.25) is 0 Å². The second kappa shape index (κ2) is 4.66. The number of esters is 1. The van der Waals surface area contributed by atoms with Crippen molar-refractivity contribution in [3.8, 4) is 5.75 Å². The van der Waals surface area contributed by atoms with Crippen LogP contribution in [0.4, 0.5) is 8.28 Å². The molecule has 0 amide bonds. The average molecular weight is 266 g/mol. The minimum atomic E-state index is -5.12. The molecule has 0 saturated heterocycles. The number of rotatable bonds is 3. The van der Waals surface area contributed by atoms with Crippen LogP contribution in [0.5, 0.6) is 5.75 Å². The van der Waals surface area contributed by atoms with Gasteiger partial charge in [-0.05, 0) is 12.1 Å². The second-order valence-electron chi connectivity index (χ2n) is 2.92. The highest BCUT2D eigenvalue weighted by Crippen LogP contribution is 2.27. The van der Waals surface area contributed by atoms with Crippen molar-refractivity contribution in [2.45, 2.75) is 4.90 Å². The first-order valence-electron chi connectivity index (χ1n) is 4.21. The summed E-state index contributed by atoms with van der Waals surface area (Å²) in [4.78, 5) is 10.3. The molecule has 0 spiro atoms. The van der Waals surface area contributed by atoms with Gasteiger partial charge < -0.3 is 9.47 Å². The van der Waals surface area contributed by atoms with E-state index in [0.29, 0.717) is 12.1 Å². The molecule has 0 fully saturated rings. The lowest BCUT2D eigenvalue weighted by Gasteiger charge is -2.08. The van der Waals surface area contributed by atoms with Crippen molar-refractivity contribution < 1.29 is 31.0 Å². The number of benzene rings is 1. The Kier molecular flexibility index (Phi) is 3.66. The van der Waals surface area contributed by atoms with Crippen LogP contribution < -0.4 is 4.74 Å². The molecular weight excluding hydrogens is 258 g/mol. The van der Waals surface area contributed by atoms with E-state index in [9.17, 15) is 21.5 Å². The molecule has 8 heteroatoms. The van der Waals surface area contributed by atoms with E-state index in [4.69, 9.17) is 0 Å². The predicted molar refractivity (Wildman–Crippen MR) is 52.6 cm³/mol. The smallest absolute Gasteiger partial charge is 0.341 e. The highest BCUT2D eigenvalue weighted by molar-refractivity contribution is 7.86. The number of hydrogen-bond acceptors (Lipinski definition) is 5. The summed E-state index contributed by atoms with van der Waals surface area (Å²) in [5.41, 5.74) is -0.508. The second-order valence-corrected chi connectivity index (χ2v) is 4.26. The van der Waals surface area contributed by atoms with Crippen LogP contribution in [0, 0.1) is 5.82 Å². The van der Waals surface area contributed by atoms with Crippen LogP contribution in [0.1, 0.15) is 10.4 Å². The number of hydrogen-bond donors (Lipinski definition) is 0. The van der Waals surface area contributed by atoms with E-state index < -0.39 is 38.2 Å². The molecule has 5 nitrogen and oxygen atoms in total. The van der Waals surface area contributed by atoms with E-state index in [2.05, 4.69) is 9.47 Å². The van der Waals surface area contributed by atoms with Gasteiger partial charge >= 0.3 is 16.2 Å². The van der Waals surface area contributed by atoms with Crippen LogP contribution in [0.2, 0.25) is 0 Å². The molecule has 0 N–H and O–H groups in total. The first-order valence-corrected chi connectivity index (χ1v) is 5.60. The van der Waals surface area contributed by atoms with Crippen molar-refractivity contribution in [3.63, 3.8) is 0 Å². The molecule has 0 unspecified atom stereocenters. The Morgan fingerprint density at radius 2 is 1.88 bits per heavy atom. The standard InChI is InChI=1S/C9H8F2O5S/c1-15-8-6(9(12)16-2)3-5(4-7(8)10)17(11,13)14/h3-4H,1-2H3. The van der Waals surface area contributed by atoms with Crippen LogP contribution in [-0.2, 0) is 15.0 Å². The van der Waals surface area contributed by atoms with Crippen molar-refractivity contribution in [3.05, 3.63) is 23.5 Å². The zero-order chi connectivity index (χ0) is 13.2. The van der Waals surface area contributed by atoms with Crippen molar-refractivity contribution in [2.24, 2.45) is 0 Å². The lowest BCUT2D eigenvalue weighted by molar-refractivity contribution is 0.0595. The quantitative estimate of drug-likeness (QED) is 0.609. The van der Waals surface area contributed by atoms with Gasteiger partial charge in [0.2, 0.25) is 0 Å². The van der Waals surface area contributed by atoms with E-state index in [-0.39, 0.29) is 0 Å². The fourth-order valence-electron chi connectivity index (χ4n) is 1.18. The highest BCUT2D eigenvalue weighted by atomic mass is 32.3. The van der Waals surface area contributed by atoms with Crippen LogP contribution in [0.25, 0.3) is 0 Å². The third-order valence-electron chi connectivity index (χ3n) is 1.91. The minimum absolute atomic E-state index is 0.417. The molecule has 1 aromatic carbocycles. The summed E-state index contributed by atoms with van der Waals surface area (Å²) in [6.45, 7) is 0. The maximum absolute atomic E-state index is 13.4. The first-order chi connectivity index (χ1) is 7.81. The van der Waals surface area contributed by atoms with Crippen LogP contribution in [-0.4, -0.2) is 28.6 Å². The zero-order valence-corrected chi connectivity index (χ0v) is 9.68. The Hall–Kier alpha value is -1.70. The summed E-state index contributed by atoms with van der Waals surface area (Å²) >= 11 is 0. The maximum Gasteiger partial charge on any atom is 0.341 e. The summed E-state index contributed by atoms with van der Waals surface area (Å²) in [5, 5.41) is 0. The maximum atomic E-state index is 13.4. The molecule has 0 aliphatic heterocycles. The largest absolute Gasteiger partial charge is 0.493 e. The minimum Gasteiger partial charge on any atom is -0.493 e. The molecule has 0 heterocycles. The first kappa shape index (κ1) is 13.4. The molecule has 0 aliphatic carbocycles. The number of methoxy groups -OCH3 is 2. The van der Waals surface area contributed by atoms with E-state index in [0.717, 1.165) is 14.2 Å². The van der Waals surface area contributed by atoms with Gasteiger partial charge in [-0.15, -0.1) is 3.89 Å². The number of ether oxygens (including phenoxy) is 2. The van der Waals surface area contributed by atoms with Gasteiger partial charge in [-0.2, -0.15) is 8.42 Å². The third kappa shape index (κ3) is 2.70. The Morgan fingerprint density at radius 1 is 1.29 bits per heavy atom. The topological polar surface area (TPSA) is 69.7 Å². The molecule has 0 aromatic heterocycles. The molecule has 0 radical (unpaired) electrons. The summed E-state index contributed by atoms with van der Waals surface area (Å²) in [5.74, 6) is -2.72. The number of halogens is 2. The zero-order valence-electron chi connectivity index (χ0n) is 8.86. The van der Waals surface area contributed by atoms with Gasteiger partial charge in [-0.1, -0.05) is 0 Å². The third-order valence-corrected chi connectivity index (χ3v) is 2.71. The SMILES string of the molecule is COC(=O)c1cc(S(=O)(=O)F)cc(F)c1OC.